The number of methoxy groups -OCH3 is 1. The van der Waals surface area contributed by atoms with E-state index < -0.39 is 29.7 Å². The van der Waals surface area contributed by atoms with Crippen molar-refractivity contribution in [2.45, 2.75) is 71.1 Å². The Morgan fingerprint density at radius 1 is 1.02 bits per heavy atom. The van der Waals surface area contributed by atoms with Crippen LogP contribution in [0.1, 0.15) is 62.0 Å². The molecule has 2 atom stereocenters. The predicted octanol–water partition coefficient (Wildman–Crippen LogP) is 7.40. The van der Waals surface area contributed by atoms with Crippen LogP contribution in [-0.4, -0.2) is 41.8 Å². The van der Waals surface area contributed by atoms with Gasteiger partial charge in [0.15, 0.2) is 0 Å². The number of aromatic amines is 1. The van der Waals surface area contributed by atoms with E-state index in [9.17, 15) is 14.9 Å². The van der Waals surface area contributed by atoms with E-state index in [2.05, 4.69) is 52.9 Å². The van der Waals surface area contributed by atoms with Crippen LogP contribution in [0, 0.1) is 11.3 Å². The zero-order valence-corrected chi connectivity index (χ0v) is 25.5. The molecule has 1 amide bonds. The summed E-state index contributed by atoms with van der Waals surface area (Å²) in [5, 5.41) is 17.4. The second-order valence-corrected chi connectivity index (χ2v) is 11.6. The van der Waals surface area contributed by atoms with E-state index in [-0.39, 0.29) is 0 Å². The molecule has 0 saturated heterocycles. The van der Waals surface area contributed by atoms with Crippen molar-refractivity contribution >= 4 is 28.7 Å². The van der Waals surface area contributed by atoms with Gasteiger partial charge in [-0.15, -0.1) is 0 Å². The lowest BCUT2D eigenvalue weighted by Crippen LogP contribution is -2.49. The van der Waals surface area contributed by atoms with Gasteiger partial charge in [-0.05, 0) is 80.5 Å². The van der Waals surface area contributed by atoms with Crippen molar-refractivity contribution in [3.05, 3.63) is 89.6 Å². The van der Waals surface area contributed by atoms with Crippen LogP contribution in [0.15, 0.2) is 72.9 Å². The standard InChI is InChI=1S/C35H40N4O4/c1-6-7-10-23-13-15-24(16-14-23)25-17-18-30(28(19-25)33(40)42-5)38-32(21-36)31(39-34(41)43-35(2,3)4)20-26-22-37-29-12-9-8-11-27(26)29/h8-9,11-19,22,31-32,37-38H,6-7,10,20H2,1-5H3,(H,39,41)/t31-,32?/m0/s1. The topological polar surface area (TPSA) is 116 Å². The minimum atomic E-state index is -0.909. The Morgan fingerprint density at radius 3 is 2.42 bits per heavy atom. The number of carbonyl (C=O) groups excluding carboxylic acids is 2. The summed E-state index contributed by atoms with van der Waals surface area (Å²) in [6, 6.07) is 22.3. The summed E-state index contributed by atoms with van der Waals surface area (Å²) < 4.78 is 10.6. The average Bonchev–Trinajstić information content (AvgIpc) is 3.40. The number of alkyl carbamates (subject to hydrolysis) is 1. The lowest BCUT2D eigenvalue weighted by atomic mass is 9.97. The van der Waals surface area contributed by atoms with E-state index >= 15 is 0 Å². The van der Waals surface area contributed by atoms with E-state index in [1.165, 1.54) is 12.7 Å². The Labute approximate surface area is 253 Å². The molecule has 0 spiro atoms. The van der Waals surface area contributed by atoms with Crippen LogP contribution in [0.4, 0.5) is 10.5 Å². The van der Waals surface area contributed by atoms with Crippen molar-refractivity contribution in [3.8, 4) is 17.2 Å². The first-order chi connectivity index (χ1) is 20.6. The lowest BCUT2D eigenvalue weighted by molar-refractivity contribution is 0.0501. The fourth-order valence-electron chi connectivity index (χ4n) is 5.01. The van der Waals surface area contributed by atoms with Gasteiger partial charge >= 0.3 is 12.1 Å². The van der Waals surface area contributed by atoms with Crippen molar-refractivity contribution in [2.24, 2.45) is 0 Å². The molecule has 0 radical (unpaired) electrons. The third-order valence-electron chi connectivity index (χ3n) is 7.20. The normalized spacial score (nSPS) is 12.7. The number of hydrogen-bond donors (Lipinski definition) is 3. The van der Waals surface area contributed by atoms with Gasteiger partial charge < -0.3 is 25.1 Å². The number of unbranched alkanes of at least 4 members (excludes halogenated alkanes) is 1. The third kappa shape index (κ3) is 8.16. The molecule has 0 aliphatic carbocycles. The maximum Gasteiger partial charge on any atom is 0.407 e. The zero-order chi connectivity index (χ0) is 31.0. The molecule has 43 heavy (non-hydrogen) atoms. The molecule has 3 N–H and O–H groups in total. The van der Waals surface area contributed by atoms with Crippen LogP contribution in [0.5, 0.6) is 0 Å². The maximum atomic E-state index is 12.9. The summed E-state index contributed by atoms with van der Waals surface area (Å²) in [5.41, 5.74) is 4.98. The van der Waals surface area contributed by atoms with Crippen molar-refractivity contribution in [1.29, 1.82) is 5.26 Å². The highest BCUT2D eigenvalue weighted by molar-refractivity contribution is 5.97. The SMILES string of the molecule is CCCCc1ccc(-c2ccc(NC(C#N)[C@H](Cc3c[nH]c4ccccc34)NC(=O)OC(C)(C)C)c(C(=O)OC)c2)cc1. The van der Waals surface area contributed by atoms with E-state index in [4.69, 9.17) is 9.47 Å². The monoisotopic (exact) mass is 580 g/mol. The predicted molar refractivity (Wildman–Crippen MR) is 170 cm³/mol. The summed E-state index contributed by atoms with van der Waals surface area (Å²) in [7, 11) is 1.33. The first kappa shape index (κ1) is 31.2. The van der Waals surface area contributed by atoms with Gasteiger partial charge in [0.1, 0.15) is 11.6 Å². The fraction of sp³-hybridized carbons (Fsp3) is 0.343. The minimum absolute atomic E-state index is 0.290. The van der Waals surface area contributed by atoms with Gasteiger partial charge in [0.2, 0.25) is 0 Å². The number of aromatic nitrogens is 1. The zero-order valence-electron chi connectivity index (χ0n) is 25.5. The average molecular weight is 581 g/mol. The smallest absolute Gasteiger partial charge is 0.407 e. The fourth-order valence-corrected chi connectivity index (χ4v) is 5.01. The number of nitriles is 1. The van der Waals surface area contributed by atoms with Crippen molar-refractivity contribution in [1.82, 2.24) is 10.3 Å². The third-order valence-corrected chi connectivity index (χ3v) is 7.20. The van der Waals surface area contributed by atoms with Gasteiger partial charge in [-0.1, -0.05) is 61.9 Å². The first-order valence-electron chi connectivity index (χ1n) is 14.6. The summed E-state index contributed by atoms with van der Waals surface area (Å²) in [6.07, 6.45) is 4.88. The van der Waals surface area contributed by atoms with Gasteiger partial charge in [-0.2, -0.15) is 5.26 Å². The Kier molecular flexibility index (Phi) is 10.1. The Bertz CT molecular complexity index is 1590. The Hall–Kier alpha value is -4.77. The number of nitrogens with zero attached hydrogens (tertiary/aromatic N) is 1. The van der Waals surface area contributed by atoms with Crippen LogP contribution in [-0.2, 0) is 22.3 Å². The summed E-state index contributed by atoms with van der Waals surface area (Å²) in [6.45, 7) is 7.52. The van der Waals surface area contributed by atoms with Crippen LogP contribution in [0.2, 0.25) is 0 Å². The van der Waals surface area contributed by atoms with Gasteiger partial charge in [0.05, 0.1) is 24.8 Å². The Morgan fingerprint density at radius 2 is 1.74 bits per heavy atom. The minimum Gasteiger partial charge on any atom is -0.465 e. The number of H-pyrrole nitrogens is 1. The number of rotatable bonds is 11. The van der Waals surface area contributed by atoms with Crippen molar-refractivity contribution in [3.63, 3.8) is 0 Å². The van der Waals surface area contributed by atoms with Crippen LogP contribution < -0.4 is 10.6 Å². The highest BCUT2D eigenvalue weighted by Gasteiger charge is 2.28. The molecule has 0 aliphatic heterocycles. The number of nitrogens with one attached hydrogen (secondary N) is 3. The molecular formula is C35H40N4O4. The summed E-state index contributed by atoms with van der Waals surface area (Å²) >= 11 is 0. The maximum absolute atomic E-state index is 12.9. The van der Waals surface area contributed by atoms with E-state index in [0.29, 0.717) is 17.7 Å². The van der Waals surface area contributed by atoms with Gasteiger partial charge in [0, 0.05) is 22.8 Å². The molecule has 1 aromatic heterocycles. The molecule has 1 heterocycles. The second-order valence-electron chi connectivity index (χ2n) is 11.6. The van der Waals surface area contributed by atoms with E-state index in [1.54, 1.807) is 32.9 Å². The molecule has 0 bridgehead atoms. The summed E-state index contributed by atoms with van der Waals surface area (Å²) in [5.74, 6) is -0.533. The molecule has 1 unspecified atom stereocenters. The number of benzene rings is 3. The van der Waals surface area contributed by atoms with Crippen molar-refractivity contribution in [2.75, 3.05) is 12.4 Å². The number of amides is 1. The highest BCUT2D eigenvalue weighted by Crippen LogP contribution is 2.28. The van der Waals surface area contributed by atoms with Gasteiger partial charge in [-0.3, -0.25) is 0 Å². The van der Waals surface area contributed by atoms with Crippen molar-refractivity contribution < 1.29 is 19.1 Å². The second kappa shape index (κ2) is 13.9. The quantitative estimate of drug-likeness (QED) is 0.159. The lowest BCUT2D eigenvalue weighted by Gasteiger charge is -2.27. The molecular weight excluding hydrogens is 540 g/mol. The molecule has 0 aliphatic rings. The first-order valence-corrected chi connectivity index (χ1v) is 14.6. The molecule has 4 rings (SSSR count). The number of para-hydroxylation sites is 1. The molecule has 0 saturated carbocycles. The number of fused-ring (bicyclic) bond motifs is 1. The number of aryl methyl sites for hydroxylation is 1. The van der Waals surface area contributed by atoms with Crippen LogP contribution in [0.3, 0.4) is 0 Å². The molecule has 0 fully saturated rings. The molecule has 8 heteroatoms. The van der Waals surface area contributed by atoms with Gasteiger partial charge in [0.25, 0.3) is 0 Å². The van der Waals surface area contributed by atoms with Crippen LogP contribution >= 0.6 is 0 Å². The van der Waals surface area contributed by atoms with Crippen LogP contribution in [0.25, 0.3) is 22.0 Å². The summed E-state index contributed by atoms with van der Waals surface area (Å²) in [4.78, 5) is 29.1. The molecule has 4 aromatic rings. The van der Waals surface area contributed by atoms with E-state index in [0.717, 1.165) is 46.9 Å². The number of ether oxygens (including phenoxy) is 2. The largest absolute Gasteiger partial charge is 0.465 e. The van der Waals surface area contributed by atoms with E-state index in [1.807, 2.05) is 36.5 Å². The number of carbonyl (C=O) groups is 2. The Balaban J connectivity index is 1.65. The van der Waals surface area contributed by atoms with Gasteiger partial charge in [-0.25, -0.2) is 9.59 Å². The molecule has 224 valence electrons. The highest BCUT2D eigenvalue weighted by atomic mass is 16.6. The molecule has 8 nitrogen and oxygen atoms in total. The number of hydrogen-bond acceptors (Lipinski definition) is 6. The molecule has 3 aromatic carbocycles. The number of anilines is 1. The number of esters is 1.